The Hall–Kier alpha value is -0.0900. The number of hydrogen-bond donors (Lipinski definition) is 0. The summed E-state index contributed by atoms with van der Waals surface area (Å²) in [6, 6.07) is 0. The molecule has 0 radical (unpaired) electrons. The molecule has 0 N–H and O–H groups in total. The van der Waals surface area contributed by atoms with E-state index < -0.39 is 0 Å². The zero-order valence-corrected chi connectivity index (χ0v) is 11.5. The van der Waals surface area contributed by atoms with E-state index in [-0.39, 0.29) is 0 Å². The Bertz CT molecular complexity index is 328. The van der Waals surface area contributed by atoms with Crippen LogP contribution in [-0.2, 0) is 0 Å². The van der Waals surface area contributed by atoms with Crippen LogP contribution in [-0.4, -0.2) is 16.3 Å². The number of halogens is 1. The molecule has 2 nitrogen and oxygen atoms in total. The van der Waals surface area contributed by atoms with Gasteiger partial charge in [0.1, 0.15) is 0 Å². The molecule has 0 bridgehead atoms. The Morgan fingerprint density at radius 3 is 3.07 bits per heavy atom. The second-order valence-corrected chi connectivity index (χ2v) is 6.20. The van der Waals surface area contributed by atoms with Crippen LogP contribution in [0, 0.1) is 5.92 Å². The standard InChI is InChI=1S/C11H16BrNOS/c1-7-3-4-8(12)5-9(7)10-6-15-13-11(10)14-2/h6-9H,3-5H2,1-2H3. The fourth-order valence-electron chi connectivity index (χ4n) is 2.34. The lowest BCUT2D eigenvalue weighted by atomic mass is 9.77. The van der Waals surface area contributed by atoms with Gasteiger partial charge in [-0.15, -0.1) is 0 Å². The van der Waals surface area contributed by atoms with Crippen LogP contribution >= 0.6 is 27.5 Å². The molecule has 1 aromatic heterocycles. The number of hydrogen-bond acceptors (Lipinski definition) is 3. The zero-order chi connectivity index (χ0) is 10.8. The lowest BCUT2D eigenvalue weighted by Gasteiger charge is -2.31. The van der Waals surface area contributed by atoms with E-state index in [1.807, 2.05) is 0 Å². The van der Waals surface area contributed by atoms with Gasteiger partial charge in [0.2, 0.25) is 5.88 Å². The van der Waals surface area contributed by atoms with Crippen molar-refractivity contribution in [3.8, 4) is 5.88 Å². The average molecular weight is 290 g/mol. The molecule has 1 fully saturated rings. The number of aromatic nitrogens is 1. The molecular weight excluding hydrogens is 274 g/mol. The minimum absolute atomic E-state index is 0.608. The zero-order valence-electron chi connectivity index (χ0n) is 9.07. The monoisotopic (exact) mass is 289 g/mol. The van der Waals surface area contributed by atoms with E-state index in [1.165, 1.54) is 36.4 Å². The molecule has 4 heteroatoms. The van der Waals surface area contributed by atoms with E-state index in [2.05, 4.69) is 32.6 Å². The molecule has 3 unspecified atom stereocenters. The predicted octanol–water partition coefficient (Wildman–Crippen LogP) is 3.82. The molecule has 1 heterocycles. The highest BCUT2D eigenvalue weighted by atomic mass is 79.9. The number of ether oxygens (including phenoxy) is 1. The summed E-state index contributed by atoms with van der Waals surface area (Å²) in [5.74, 6) is 2.18. The summed E-state index contributed by atoms with van der Waals surface area (Å²) in [7, 11) is 1.71. The van der Waals surface area contributed by atoms with Crippen molar-refractivity contribution in [1.29, 1.82) is 0 Å². The van der Waals surface area contributed by atoms with Crippen LogP contribution in [0.4, 0.5) is 0 Å². The Morgan fingerprint density at radius 1 is 1.53 bits per heavy atom. The topological polar surface area (TPSA) is 22.1 Å². The second kappa shape index (κ2) is 4.83. The van der Waals surface area contributed by atoms with Gasteiger partial charge in [-0.25, -0.2) is 0 Å². The fraction of sp³-hybridized carbons (Fsp3) is 0.727. The van der Waals surface area contributed by atoms with Crippen molar-refractivity contribution in [1.82, 2.24) is 4.37 Å². The summed E-state index contributed by atoms with van der Waals surface area (Å²) < 4.78 is 9.58. The molecular formula is C11H16BrNOS. The highest BCUT2D eigenvalue weighted by Crippen LogP contribution is 2.43. The first-order valence-corrected chi connectivity index (χ1v) is 7.10. The highest BCUT2D eigenvalue weighted by molar-refractivity contribution is 9.09. The SMILES string of the molecule is COc1nscc1C1CC(Br)CCC1C. The van der Waals surface area contributed by atoms with Crippen LogP contribution in [0.1, 0.15) is 37.7 Å². The first kappa shape index (κ1) is 11.4. The third kappa shape index (κ3) is 2.36. The number of methoxy groups -OCH3 is 1. The third-order valence-corrected chi connectivity index (χ3v) is 4.75. The normalized spacial score (nSPS) is 31.5. The lowest BCUT2D eigenvalue weighted by molar-refractivity contribution is 0.324. The molecule has 1 saturated carbocycles. The first-order chi connectivity index (χ1) is 7.22. The van der Waals surface area contributed by atoms with Gasteiger partial charge in [0.25, 0.3) is 0 Å². The predicted molar refractivity (Wildman–Crippen MR) is 67.1 cm³/mol. The first-order valence-electron chi connectivity index (χ1n) is 5.34. The molecule has 2 rings (SSSR count). The van der Waals surface area contributed by atoms with Gasteiger partial charge in [-0.3, -0.25) is 0 Å². The molecule has 1 aromatic rings. The van der Waals surface area contributed by atoms with E-state index in [9.17, 15) is 0 Å². The molecule has 1 aliphatic rings. The van der Waals surface area contributed by atoms with Crippen molar-refractivity contribution >= 4 is 27.5 Å². The van der Waals surface area contributed by atoms with E-state index in [0.717, 1.165) is 11.8 Å². The smallest absolute Gasteiger partial charge is 0.228 e. The Labute approximate surface area is 103 Å². The number of alkyl halides is 1. The fourth-order valence-corrected chi connectivity index (χ4v) is 3.72. The molecule has 0 saturated heterocycles. The van der Waals surface area contributed by atoms with Crippen molar-refractivity contribution in [3.63, 3.8) is 0 Å². The average Bonchev–Trinajstić information content (AvgIpc) is 2.69. The molecule has 0 aromatic carbocycles. The summed E-state index contributed by atoms with van der Waals surface area (Å²) in [5.41, 5.74) is 1.30. The van der Waals surface area contributed by atoms with Gasteiger partial charge in [-0.2, -0.15) is 4.37 Å². The number of nitrogens with zero attached hydrogens (tertiary/aromatic N) is 1. The van der Waals surface area contributed by atoms with Crippen LogP contribution in [0.5, 0.6) is 5.88 Å². The van der Waals surface area contributed by atoms with Gasteiger partial charge in [-0.05, 0) is 42.6 Å². The maximum absolute atomic E-state index is 5.31. The molecule has 3 atom stereocenters. The van der Waals surface area contributed by atoms with Gasteiger partial charge < -0.3 is 4.74 Å². The van der Waals surface area contributed by atoms with Crippen LogP contribution in [0.2, 0.25) is 0 Å². The van der Waals surface area contributed by atoms with Crippen LogP contribution < -0.4 is 4.74 Å². The third-order valence-electron chi connectivity index (χ3n) is 3.29. The minimum Gasteiger partial charge on any atom is -0.480 e. The van der Waals surface area contributed by atoms with Gasteiger partial charge in [0.15, 0.2) is 0 Å². The van der Waals surface area contributed by atoms with Crippen LogP contribution in [0.25, 0.3) is 0 Å². The van der Waals surface area contributed by atoms with Gasteiger partial charge in [0, 0.05) is 15.8 Å². The van der Waals surface area contributed by atoms with Gasteiger partial charge in [0.05, 0.1) is 7.11 Å². The van der Waals surface area contributed by atoms with Crippen molar-refractivity contribution < 1.29 is 4.74 Å². The van der Waals surface area contributed by atoms with Crippen molar-refractivity contribution in [2.45, 2.75) is 36.9 Å². The van der Waals surface area contributed by atoms with Crippen molar-refractivity contribution in [2.75, 3.05) is 7.11 Å². The summed E-state index contributed by atoms with van der Waals surface area (Å²) >= 11 is 5.23. The Kier molecular flexibility index (Phi) is 3.67. The molecule has 15 heavy (non-hydrogen) atoms. The van der Waals surface area contributed by atoms with Crippen LogP contribution in [0.3, 0.4) is 0 Å². The molecule has 0 aliphatic heterocycles. The van der Waals surface area contributed by atoms with E-state index in [4.69, 9.17) is 4.74 Å². The quantitative estimate of drug-likeness (QED) is 0.772. The Balaban J connectivity index is 2.20. The molecule has 84 valence electrons. The van der Waals surface area contributed by atoms with Crippen molar-refractivity contribution in [3.05, 3.63) is 10.9 Å². The summed E-state index contributed by atoms with van der Waals surface area (Å²) in [6.45, 7) is 2.33. The molecule has 1 aliphatic carbocycles. The van der Waals surface area contributed by atoms with Crippen molar-refractivity contribution in [2.24, 2.45) is 5.92 Å². The van der Waals surface area contributed by atoms with E-state index in [0.29, 0.717) is 10.7 Å². The number of rotatable bonds is 2. The largest absolute Gasteiger partial charge is 0.480 e. The van der Waals surface area contributed by atoms with Gasteiger partial charge in [-0.1, -0.05) is 22.9 Å². The van der Waals surface area contributed by atoms with Crippen LogP contribution in [0.15, 0.2) is 5.38 Å². The summed E-state index contributed by atoms with van der Waals surface area (Å²) in [5, 5.41) is 2.14. The highest BCUT2D eigenvalue weighted by Gasteiger charge is 2.30. The summed E-state index contributed by atoms with van der Waals surface area (Å²) in [4.78, 5) is 0.656. The van der Waals surface area contributed by atoms with E-state index >= 15 is 0 Å². The van der Waals surface area contributed by atoms with Gasteiger partial charge >= 0.3 is 0 Å². The maximum Gasteiger partial charge on any atom is 0.228 e. The second-order valence-electron chi connectivity index (χ2n) is 4.27. The molecule has 0 amide bonds. The lowest BCUT2D eigenvalue weighted by Crippen LogP contribution is -2.21. The molecule has 0 spiro atoms. The Morgan fingerprint density at radius 2 is 2.33 bits per heavy atom. The summed E-state index contributed by atoms with van der Waals surface area (Å²) in [6.07, 6.45) is 3.78. The minimum atomic E-state index is 0.608. The maximum atomic E-state index is 5.31. The van der Waals surface area contributed by atoms with E-state index in [1.54, 1.807) is 7.11 Å².